The molecular formula is C34H44N4O5S. The van der Waals surface area contributed by atoms with Crippen LogP contribution in [0.3, 0.4) is 0 Å². The second-order valence-electron chi connectivity index (χ2n) is 12.5. The molecular weight excluding hydrogens is 576 g/mol. The Kier molecular flexibility index (Phi) is 9.83. The van der Waals surface area contributed by atoms with E-state index in [9.17, 15) is 15.0 Å². The number of piperazine rings is 1. The van der Waals surface area contributed by atoms with Gasteiger partial charge in [-0.2, -0.15) is 0 Å². The molecule has 2 aromatic carbocycles. The van der Waals surface area contributed by atoms with Crippen molar-refractivity contribution in [1.29, 1.82) is 0 Å². The van der Waals surface area contributed by atoms with Gasteiger partial charge in [-0.3, -0.25) is 14.6 Å². The molecule has 3 saturated heterocycles. The van der Waals surface area contributed by atoms with Gasteiger partial charge in [-0.15, -0.1) is 11.3 Å². The molecule has 0 bridgehead atoms. The highest BCUT2D eigenvalue weighted by molar-refractivity contribution is 7.14. The summed E-state index contributed by atoms with van der Waals surface area (Å²) in [5.41, 5.74) is 6.68. The average molecular weight is 621 g/mol. The molecule has 9 nitrogen and oxygen atoms in total. The number of carbonyl (C=O) groups is 1. The number of thiazole rings is 1. The third-order valence-electron chi connectivity index (χ3n) is 9.38. The highest BCUT2D eigenvalue weighted by Gasteiger charge is 2.31. The number of carboxylic acids is 1. The van der Waals surface area contributed by atoms with Crippen LogP contribution in [-0.2, 0) is 22.7 Å². The summed E-state index contributed by atoms with van der Waals surface area (Å²) in [6.07, 6.45) is 1.86. The van der Waals surface area contributed by atoms with Crippen molar-refractivity contribution in [2.45, 2.75) is 52.5 Å². The van der Waals surface area contributed by atoms with Crippen molar-refractivity contribution in [1.82, 2.24) is 14.8 Å². The highest BCUT2D eigenvalue weighted by atomic mass is 32.1. The van der Waals surface area contributed by atoms with Gasteiger partial charge in [0.15, 0.2) is 5.13 Å². The molecule has 44 heavy (non-hydrogen) atoms. The molecule has 0 radical (unpaired) electrons. The molecule has 236 valence electrons. The van der Waals surface area contributed by atoms with Gasteiger partial charge >= 0.3 is 5.97 Å². The van der Waals surface area contributed by atoms with Crippen molar-refractivity contribution in [3.05, 3.63) is 64.0 Å². The third-order valence-corrected chi connectivity index (χ3v) is 10.3. The van der Waals surface area contributed by atoms with Crippen LogP contribution in [-0.4, -0.2) is 89.7 Å². The number of aryl methyl sites for hydroxylation is 2. The topological polar surface area (TPSA) is 98.6 Å². The first-order chi connectivity index (χ1) is 21.3. The van der Waals surface area contributed by atoms with E-state index in [1.165, 1.54) is 11.1 Å². The van der Waals surface area contributed by atoms with Crippen LogP contribution >= 0.6 is 11.3 Å². The van der Waals surface area contributed by atoms with Crippen molar-refractivity contribution in [3.63, 3.8) is 0 Å². The number of carboxylic acid groups (broad SMARTS) is 1. The normalized spacial score (nSPS) is 21.1. The number of ether oxygens (including phenoxy) is 2. The molecule has 3 aromatic rings. The minimum absolute atomic E-state index is 0.240. The number of nitrogens with zero attached hydrogens (tertiary/aromatic N) is 4. The predicted molar refractivity (Wildman–Crippen MR) is 172 cm³/mol. The summed E-state index contributed by atoms with van der Waals surface area (Å²) in [5, 5.41) is 23.1. The summed E-state index contributed by atoms with van der Waals surface area (Å²) >= 11 is 1.60. The number of anilines is 1. The van der Waals surface area contributed by atoms with Gasteiger partial charge in [-0.1, -0.05) is 29.8 Å². The number of aliphatic hydroxyl groups is 1. The van der Waals surface area contributed by atoms with Crippen LogP contribution in [0, 0.1) is 25.7 Å². The molecule has 0 saturated carbocycles. The molecule has 4 heterocycles. The summed E-state index contributed by atoms with van der Waals surface area (Å²) < 4.78 is 11.9. The Hall–Kier alpha value is -3.02. The van der Waals surface area contributed by atoms with E-state index in [1.54, 1.807) is 11.3 Å². The zero-order valence-electron chi connectivity index (χ0n) is 25.8. The van der Waals surface area contributed by atoms with E-state index in [1.807, 2.05) is 6.07 Å². The Balaban J connectivity index is 1.05. The van der Waals surface area contributed by atoms with Gasteiger partial charge in [0, 0.05) is 69.3 Å². The van der Waals surface area contributed by atoms with Crippen LogP contribution in [0.1, 0.15) is 41.5 Å². The third kappa shape index (κ3) is 7.26. The van der Waals surface area contributed by atoms with Gasteiger partial charge in [0.25, 0.3) is 0 Å². The lowest BCUT2D eigenvalue weighted by atomic mass is 9.97. The Bertz CT molecular complexity index is 1420. The first-order valence-electron chi connectivity index (χ1n) is 15.8. The van der Waals surface area contributed by atoms with Crippen molar-refractivity contribution >= 4 is 22.4 Å². The molecule has 2 atom stereocenters. The molecule has 3 aliphatic heterocycles. The number of hydrogen-bond donors (Lipinski definition) is 2. The van der Waals surface area contributed by atoms with Crippen molar-refractivity contribution < 1.29 is 24.5 Å². The lowest BCUT2D eigenvalue weighted by molar-refractivity contribution is -0.142. The maximum Gasteiger partial charge on any atom is 0.306 e. The van der Waals surface area contributed by atoms with Crippen LogP contribution in [0.5, 0.6) is 5.75 Å². The van der Waals surface area contributed by atoms with Gasteiger partial charge in [0.05, 0.1) is 18.2 Å². The molecule has 0 amide bonds. The second-order valence-corrected chi connectivity index (χ2v) is 13.3. The number of hydrogen-bond acceptors (Lipinski definition) is 9. The zero-order chi connectivity index (χ0) is 30.6. The first kappa shape index (κ1) is 31.0. The van der Waals surface area contributed by atoms with Gasteiger partial charge < -0.3 is 24.6 Å². The van der Waals surface area contributed by atoms with Crippen LogP contribution in [0.25, 0.3) is 11.3 Å². The van der Waals surface area contributed by atoms with Gasteiger partial charge in [-0.25, -0.2) is 4.98 Å². The van der Waals surface area contributed by atoms with Crippen molar-refractivity contribution in [2.75, 3.05) is 57.4 Å². The van der Waals surface area contributed by atoms with Crippen LogP contribution in [0.15, 0.2) is 41.8 Å². The first-order valence-corrected chi connectivity index (χ1v) is 16.7. The number of aliphatic hydroxyl groups excluding tert-OH is 1. The lowest BCUT2D eigenvalue weighted by Gasteiger charge is -2.38. The minimum atomic E-state index is -0.697. The number of rotatable bonds is 10. The lowest BCUT2D eigenvalue weighted by Crippen LogP contribution is -2.52. The molecule has 0 spiro atoms. The number of aliphatic carboxylic acids is 1. The van der Waals surface area contributed by atoms with Crippen LogP contribution in [0.4, 0.5) is 5.13 Å². The summed E-state index contributed by atoms with van der Waals surface area (Å²) in [4.78, 5) is 23.2. The van der Waals surface area contributed by atoms with Crippen molar-refractivity contribution in [3.8, 4) is 17.0 Å². The van der Waals surface area contributed by atoms with E-state index in [0.29, 0.717) is 39.1 Å². The molecule has 3 aliphatic rings. The SMILES string of the molecule is Cc1ccc(OCc2ccc(CN3CCN(C(O)C4CCOC4)CC3)cc2C)c(-c2csc(N3CCC(C(=O)O)CC3)n2)c1. The maximum atomic E-state index is 11.3. The fourth-order valence-corrected chi connectivity index (χ4v) is 7.40. The molecule has 0 aliphatic carbocycles. The van der Waals surface area contributed by atoms with Crippen molar-refractivity contribution in [2.24, 2.45) is 11.8 Å². The summed E-state index contributed by atoms with van der Waals surface area (Å²) in [5.74, 6) is 0.0958. The van der Waals surface area contributed by atoms with E-state index < -0.39 is 12.2 Å². The number of piperidine rings is 1. The summed E-state index contributed by atoms with van der Waals surface area (Å²) in [6.45, 7) is 12.1. The zero-order valence-corrected chi connectivity index (χ0v) is 26.6. The average Bonchev–Trinajstić information content (AvgIpc) is 3.75. The van der Waals surface area contributed by atoms with Gasteiger partial charge in [-0.05, 0) is 61.9 Å². The standard InChI is InChI=1S/C34H44N4O5S/c1-23-3-6-31(29(17-23)30-22-44-34(35-30)38-10-7-26(8-11-38)33(40)41)43-21-27-5-4-25(18-24(27)2)19-36-12-14-37(15-13-36)32(39)28-9-16-42-20-28/h3-6,17-18,22,26,28,32,39H,7-16,19-21H2,1-2H3,(H,40,41). The summed E-state index contributed by atoms with van der Waals surface area (Å²) in [6, 6.07) is 12.9. The van der Waals surface area contributed by atoms with Crippen LogP contribution < -0.4 is 9.64 Å². The number of benzene rings is 2. The van der Waals surface area contributed by atoms with Crippen LogP contribution in [0.2, 0.25) is 0 Å². The van der Waals surface area contributed by atoms with E-state index >= 15 is 0 Å². The molecule has 10 heteroatoms. The Morgan fingerprint density at radius 1 is 1.07 bits per heavy atom. The maximum absolute atomic E-state index is 11.3. The predicted octanol–water partition coefficient (Wildman–Crippen LogP) is 4.78. The Morgan fingerprint density at radius 3 is 2.57 bits per heavy atom. The van der Waals surface area contributed by atoms with E-state index in [2.05, 4.69) is 64.3 Å². The fourth-order valence-electron chi connectivity index (χ4n) is 6.52. The largest absolute Gasteiger partial charge is 0.488 e. The highest BCUT2D eigenvalue weighted by Crippen LogP contribution is 2.36. The van der Waals surface area contributed by atoms with E-state index in [0.717, 1.165) is 79.0 Å². The fraction of sp³-hybridized carbons (Fsp3) is 0.529. The minimum Gasteiger partial charge on any atom is -0.488 e. The molecule has 3 fully saturated rings. The molecule has 2 unspecified atom stereocenters. The Morgan fingerprint density at radius 2 is 1.86 bits per heavy atom. The molecule has 1 aromatic heterocycles. The van der Waals surface area contributed by atoms with Gasteiger partial charge in [0.1, 0.15) is 18.6 Å². The quantitative estimate of drug-likeness (QED) is 0.332. The van der Waals surface area contributed by atoms with E-state index in [-0.39, 0.29) is 11.8 Å². The smallest absolute Gasteiger partial charge is 0.306 e. The second kappa shape index (κ2) is 14.0. The monoisotopic (exact) mass is 620 g/mol. The molecule has 6 rings (SSSR count). The number of aromatic nitrogens is 1. The van der Waals surface area contributed by atoms with E-state index in [4.69, 9.17) is 14.5 Å². The van der Waals surface area contributed by atoms with Gasteiger partial charge in [0.2, 0.25) is 0 Å². The summed E-state index contributed by atoms with van der Waals surface area (Å²) in [7, 11) is 0. The Labute approximate surface area is 264 Å². The molecule has 2 N–H and O–H groups in total.